The van der Waals surface area contributed by atoms with E-state index in [1.807, 2.05) is 12.1 Å². The molecule has 14 heteroatoms. The van der Waals surface area contributed by atoms with Gasteiger partial charge in [0.15, 0.2) is 11.4 Å². The Balaban J connectivity index is 1.46. The molecule has 0 aliphatic carbocycles. The minimum atomic E-state index is -4.65. The van der Waals surface area contributed by atoms with Crippen LogP contribution in [0.25, 0.3) is 5.52 Å². The molecule has 0 aliphatic heterocycles. The largest absolute Gasteiger partial charge is 0.472 e. The monoisotopic (exact) mass is 756 g/mol. The molecule has 3 atom stereocenters. The van der Waals surface area contributed by atoms with Crippen molar-refractivity contribution in [3.8, 4) is 12.1 Å². The zero-order chi connectivity index (χ0) is 38.4. The number of phosphoric acid groups is 1. The van der Waals surface area contributed by atoms with Crippen LogP contribution in [0.3, 0.4) is 0 Å². The summed E-state index contributed by atoms with van der Waals surface area (Å²) in [5.74, 6) is -0.233. The van der Waals surface area contributed by atoms with Crippen LogP contribution in [0.15, 0.2) is 36.7 Å². The van der Waals surface area contributed by atoms with Crippen molar-refractivity contribution in [3.05, 3.63) is 59.3 Å². The Morgan fingerprint density at radius 2 is 1.60 bits per heavy atom. The van der Waals surface area contributed by atoms with Crippen LogP contribution in [0.1, 0.15) is 133 Å². The number of fused-ring (bicyclic) bond motifs is 1. The van der Waals surface area contributed by atoms with Gasteiger partial charge in [0, 0.05) is 12.8 Å². The molecular formula is C39H58FN6O6P. The number of ether oxygens (including phenoxy) is 2. The van der Waals surface area contributed by atoms with Crippen molar-refractivity contribution in [2.24, 2.45) is 0 Å². The molecular weight excluding hydrogens is 698 g/mol. The van der Waals surface area contributed by atoms with Crippen molar-refractivity contribution in [1.82, 2.24) is 14.6 Å². The first kappa shape index (κ1) is 44.0. The third kappa shape index (κ3) is 16.2. The molecule has 2 heterocycles. The molecule has 3 N–H and O–H groups in total. The Hall–Kier alpha value is -3.42. The molecule has 12 nitrogen and oxygen atoms in total. The van der Waals surface area contributed by atoms with Gasteiger partial charge in [-0.05, 0) is 55.2 Å². The van der Waals surface area contributed by atoms with Crippen LogP contribution >= 0.6 is 7.82 Å². The summed E-state index contributed by atoms with van der Waals surface area (Å²) in [5, 5.41) is 23.4. The Morgan fingerprint density at radius 1 is 0.962 bits per heavy atom. The smallest absolute Gasteiger partial charge is 0.382 e. The van der Waals surface area contributed by atoms with Gasteiger partial charge in [0.1, 0.15) is 30.3 Å². The average Bonchev–Trinajstić information content (AvgIpc) is 3.58. The van der Waals surface area contributed by atoms with Gasteiger partial charge in [0.05, 0.1) is 31.0 Å². The highest BCUT2D eigenvalue weighted by atomic mass is 31.2. The van der Waals surface area contributed by atoms with Gasteiger partial charge < -0.3 is 20.1 Å². The quantitative estimate of drug-likeness (QED) is 0.0510. The molecule has 0 aliphatic rings. The second kappa shape index (κ2) is 24.1. The van der Waals surface area contributed by atoms with Crippen molar-refractivity contribution >= 4 is 19.2 Å². The average molecular weight is 757 g/mol. The Kier molecular flexibility index (Phi) is 20.0. The highest BCUT2D eigenvalue weighted by Crippen LogP contribution is 2.45. The van der Waals surface area contributed by atoms with Crippen molar-refractivity contribution in [3.63, 3.8) is 0 Å². The van der Waals surface area contributed by atoms with E-state index in [0.717, 1.165) is 37.4 Å². The third-order valence-corrected chi connectivity index (χ3v) is 10.5. The van der Waals surface area contributed by atoms with Crippen molar-refractivity contribution in [2.75, 3.05) is 26.1 Å². The number of methoxy groups -OCH3 is 1. The molecule has 0 bridgehead atoms. The molecule has 0 amide bonds. The molecule has 53 heavy (non-hydrogen) atoms. The SMILES string of the molecule is CCCCCCCCCCCCCCCCC[C@@H](COP(=O)(O)OCC(C#N)(CCc1ccc2c(N)ncnn12)OC)OCc1cc(F)cc(C#N)c1. The Morgan fingerprint density at radius 3 is 2.21 bits per heavy atom. The fraction of sp³-hybridized carbons (Fsp3) is 0.641. The number of hydrogen-bond donors (Lipinski definition) is 2. The number of rotatable bonds is 29. The summed E-state index contributed by atoms with van der Waals surface area (Å²) >= 11 is 0. The van der Waals surface area contributed by atoms with Crippen LogP contribution in [-0.4, -0.2) is 51.5 Å². The van der Waals surface area contributed by atoms with Crippen LogP contribution < -0.4 is 5.73 Å². The molecule has 2 aromatic heterocycles. The lowest BCUT2D eigenvalue weighted by molar-refractivity contribution is -0.0292. The van der Waals surface area contributed by atoms with Gasteiger partial charge in [0.25, 0.3) is 0 Å². The molecule has 0 fully saturated rings. The van der Waals surface area contributed by atoms with Crippen LogP contribution in [-0.2, 0) is 36.1 Å². The van der Waals surface area contributed by atoms with Crippen molar-refractivity contribution in [1.29, 1.82) is 10.5 Å². The second-order valence-electron chi connectivity index (χ2n) is 13.7. The maximum Gasteiger partial charge on any atom is 0.472 e. The lowest BCUT2D eigenvalue weighted by Gasteiger charge is -2.26. The van der Waals surface area contributed by atoms with Gasteiger partial charge in [0.2, 0.25) is 0 Å². The molecule has 0 saturated carbocycles. The fourth-order valence-corrected chi connectivity index (χ4v) is 7.07. The van der Waals surface area contributed by atoms with E-state index in [1.165, 1.54) is 90.1 Å². The standard InChI is InChI=1S/C39H58FN6O6P/c1-3-4-5-6-7-8-9-10-11-12-13-14-15-16-17-18-36(50-27-33-23-32(26-41)24-34(40)25-33)28-51-53(47,48)52-30-39(29-42,49-2)22-21-35-19-20-37-38(43)44-31-45-46(35)37/h19-20,23-25,31,36H,3-18,21-22,27-28,30H2,1-2H3,(H,47,48)(H2,43,44,45)/t36-,39?/m0/s1. The first-order valence-electron chi connectivity index (χ1n) is 19.1. The normalized spacial score (nSPS) is 14.4. The lowest BCUT2D eigenvalue weighted by Crippen LogP contribution is -2.36. The molecule has 0 spiro atoms. The van der Waals surface area contributed by atoms with E-state index >= 15 is 0 Å². The number of aromatic nitrogens is 3. The van der Waals surface area contributed by atoms with Gasteiger partial charge in [-0.25, -0.2) is 18.5 Å². The van der Waals surface area contributed by atoms with E-state index in [4.69, 9.17) is 24.3 Å². The summed E-state index contributed by atoms with van der Waals surface area (Å²) in [7, 11) is -3.32. The molecule has 0 radical (unpaired) electrons. The van der Waals surface area contributed by atoms with Gasteiger partial charge in [-0.2, -0.15) is 15.6 Å². The molecule has 1 aromatic carbocycles. The highest BCUT2D eigenvalue weighted by Gasteiger charge is 2.35. The Bertz CT molecular complexity index is 1640. The summed E-state index contributed by atoms with van der Waals surface area (Å²) in [5.41, 5.74) is 6.38. The zero-order valence-electron chi connectivity index (χ0n) is 31.5. The van der Waals surface area contributed by atoms with E-state index in [1.54, 1.807) is 16.6 Å². The number of anilines is 1. The molecule has 3 aromatic rings. The topological polar surface area (TPSA) is 178 Å². The number of aryl methyl sites for hydroxylation is 1. The van der Waals surface area contributed by atoms with Crippen LogP contribution in [0.2, 0.25) is 0 Å². The van der Waals surface area contributed by atoms with E-state index in [2.05, 4.69) is 23.1 Å². The van der Waals surface area contributed by atoms with Crippen molar-refractivity contribution in [2.45, 2.75) is 141 Å². The molecule has 2 unspecified atom stereocenters. The predicted octanol–water partition coefficient (Wildman–Crippen LogP) is 9.14. The molecule has 0 saturated heterocycles. The Labute approximate surface area is 314 Å². The number of phosphoric ester groups is 1. The highest BCUT2D eigenvalue weighted by molar-refractivity contribution is 7.47. The summed E-state index contributed by atoms with van der Waals surface area (Å²) in [6.07, 6.45) is 20.2. The maximum absolute atomic E-state index is 14.0. The number of hydrogen-bond acceptors (Lipinski definition) is 10. The second-order valence-corrected chi connectivity index (χ2v) is 15.2. The fourth-order valence-electron chi connectivity index (χ4n) is 6.26. The number of unbranched alkanes of at least 4 members (excludes halogenated alkanes) is 14. The number of halogens is 1. The van der Waals surface area contributed by atoms with E-state index < -0.39 is 32.0 Å². The lowest BCUT2D eigenvalue weighted by atomic mass is 9.99. The number of nitrogens with two attached hydrogens (primary N) is 1. The first-order chi connectivity index (χ1) is 25.6. The van der Waals surface area contributed by atoms with E-state index in [0.29, 0.717) is 29.7 Å². The maximum atomic E-state index is 14.0. The summed E-state index contributed by atoms with van der Waals surface area (Å²) < 4.78 is 50.8. The predicted molar refractivity (Wildman–Crippen MR) is 202 cm³/mol. The van der Waals surface area contributed by atoms with Gasteiger partial charge >= 0.3 is 7.82 Å². The number of benzene rings is 1. The first-order valence-corrected chi connectivity index (χ1v) is 20.6. The van der Waals surface area contributed by atoms with Crippen molar-refractivity contribution < 1.29 is 32.4 Å². The molecule has 292 valence electrons. The summed E-state index contributed by atoms with van der Waals surface area (Å²) in [6, 6.07) is 11.6. The number of nitrogens with zero attached hydrogens (tertiary/aromatic N) is 5. The van der Waals surface area contributed by atoms with Crippen LogP contribution in [0, 0.1) is 28.5 Å². The third-order valence-electron chi connectivity index (χ3n) is 9.53. The molecule has 3 rings (SSSR count). The number of nitrogen functional groups attached to an aromatic ring is 1. The van der Waals surface area contributed by atoms with Gasteiger partial charge in [-0.3, -0.25) is 9.05 Å². The minimum Gasteiger partial charge on any atom is -0.382 e. The minimum absolute atomic E-state index is 0.0119. The van der Waals surface area contributed by atoms with Crippen LogP contribution in [0.4, 0.5) is 10.2 Å². The summed E-state index contributed by atoms with van der Waals surface area (Å²) in [4.78, 5) is 14.6. The van der Waals surface area contributed by atoms with E-state index in [-0.39, 0.29) is 25.2 Å². The van der Waals surface area contributed by atoms with Gasteiger partial charge in [-0.15, -0.1) is 0 Å². The number of nitriles is 2. The van der Waals surface area contributed by atoms with E-state index in [9.17, 15) is 24.4 Å². The zero-order valence-corrected chi connectivity index (χ0v) is 32.4. The van der Waals surface area contributed by atoms with Crippen LogP contribution in [0.5, 0.6) is 0 Å². The van der Waals surface area contributed by atoms with Gasteiger partial charge in [-0.1, -0.05) is 103 Å². The summed E-state index contributed by atoms with van der Waals surface area (Å²) in [6.45, 7) is 1.44.